The van der Waals surface area contributed by atoms with E-state index < -0.39 is 16.1 Å². The monoisotopic (exact) mass is 507 g/mol. The van der Waals surface area contributed by atoms with E-state index in [0.717, 1.165) is 11.3 Å². The van der Waals surface area contributed by atoms with Crippen LogP contribution in [0.2, 0.25) is 0 Å². The van der Waals surface area contributed by atoms with Gasteiger partial charge in [-0.2, -0.15) is 4.31 Å². The third kappa shape index (κ3) is 4.43. The van der Waals surface area contributed by atoms with Crippen LogP contribution in [-0.4, -0.2) is 63.0 Å². The molecule has 9 nitrogen and oxygen atoms in total. The number of likely N-dealkylation sites (N-methyl/N-ethyl adjacent to an activating group) is 1. The van der Waals surface area contributed by atoms with Crippen LogP contribution in [0.4, 0.5) is 28.7 Å². The van der Waals surface area contributed by atoms with Gasteiger partial charge in [-0.05, 0) is 61.9 Å². The molecule has 0 saturated carbocycles. The van der Waals surface area contributed by atoms with Gasteiger partial charge in [0.1, 0.15) is 11.9 Å². The highest BCUT2D eigenvalue weighted by atomic mass is 32.2. The molecule has 188 valence electrons. The summed E-state index contributed by atoms with van der Waals surface area (Å²) in [7, 11) is -1.87. The number of carbonyl (C=O) groups is 1. The first-order valence-corrected chi connectivity index (χ1v) is 13.3. The van der Waals surface area contributed by atoms with Crippen molar-refractivity contribution >= 4 is 44.6 Å². The van der Waals surface area contributed by atoms with E-state index in [1.54, 1.807) is 42.3 Å². The maximum Gasteiger partial charge on any atom is 0.249 e. The third-order valence-corrected chi connectivity index (χ3v) is 8.41. The molecule has 1 unspecified atom stereocenters. The molecule has 5 rings (SSSR count). The van der Waals surface area contributed by atoms with Crippen molar-refractivity contribution in [2.45, 2.75) is 24.8 Å². The SMILES string of the molecule is Cc1cccc(N2c3nc(Nc4cccc(S(=O)(=O)N5CCOCC5)c4)ccc3N(C)C(=O)C2C)c1. The van der Waals surface area contributed by atoms with Gasteiger partial charge in [-0.25, -0.2) is 13.4 Å². The molecule has 1 fully saturated rings. The largest absolute Gasteiger partial charge is 0.379 e. The van der Waals surface area contributed by atoms with Crippen LogP contribution in [0.3, 0.4) is 0 Å². The molecule has 2 aliphatic heterocycles. The molecule has 0 aliphatic carbocycles. The predicted octanol–water partition coefficient (Wildman–Crippen LogP) is 3.66. The summed E-state index contributed by atoms with van der Waals surface area (Å²) in [5.74, 6) is 1.17. The number of benzene rings is 2. The standard InChI is InChI=1S/C26H29N5O4S/c1-18-6-4-8-21(16-18)31-19(2)26(32)29(3)23-10-11-24(28-25(23)31)27-20-7-5-9-22(17-20)36(33,34)30-12-14-35-15-13-30/h4-11,16-17,19H,12-15H2,1-3H3,(H,27,28). The van der Waals surface area contributed by atoms with Gasteiger partial charge in [0.25, 0.3) is 0 Å². The van der Waals surface area contributed by atoms with Gasteiger partial charge in [0.05, 0.1) is 23.8 Å². The van der Waals surface area contributed by atoms with Crippen LogP contribution in [0.5, 0.6) is 0 Å². The number of aryl methyl sites for hydroxylation is 1. The average Bonchev–Trinajstić information content (AvgIpc) is 2.88. The summed E-state index contributed by atoms with van der Waals surface area (Å²) in [5, 5.41) is 3.24. The molecule has 1 amide bonds. The number of sulfonamides is 1. The van der Waals surface area contributed by atoms with Gasteiger partial charge in [-0.3, -0.25) is 4.79 Å². The highest BCUT2D eigenvalue weighted by Crippen LogP contribution is 2.40. The van der Waals surface area contributed by atoms with Crippen molar-refractivity contribution in [3.05, 3.63) is 66.2 Å². The summed E-state index contributed by atoms with van der Waals surface area (Å²) in [6.07, 6.45) is 0. The Morgan fingerprint density at radius 3 is 2.53 bits per heavy atom. The zero-order valence-corrected chi connectivity index (χ0v) is 21.3. The Morgan fingerprint density at radius 2 is 1.78 bits per heavy atom. The molecule has 36 heavy (non-hydrogen) atoms. The summed E-state index contributed by atoms with van der Waals surface area (Å²) in [4.78, 5) is 21.6. The molecule has 2 aliphatic rings. The number of morpholine rings is 1. The Balaban J connectivity index is 1.49. The Hall–Kier alpha value is -3.47. The van der Waals surface area contributed by atoms with Crippen molar-refractivity contribution in [1.82, 2.24) is 9.29 Å². The number of fused-ring (bicyclic) bond motifs is 1. The Kier molecular flexibility index (Phi) is 6.42. The molecule has 3 aromatic rings. The maximum absolute atomic E-state index is 13.1. The van der Waals surface area contributed by atoms with Gasteiger partial charge in [0, 0.05) is 31.5 Å². The quantitative estimate of drug-likeness (QED) is 0.563. The predicted molar refractivity (Wildman–Crippen MR) is 140 cm³/mol. The minimum absolute atomic E-state index is 0.0208. The Labute approximate surface area is 211 Å². The average molecular weight is 508 g/mol. The van der Waals surface area contributed by atoms with Crippen LogP contribution < -0.4 is 15.1 Å². The number of carbonyl (C=O) groups excluding carboxylic acids is 1. The van der Waals surface area contributed by atoms with Crippen LogP contribution in [0.15, 0.2) is 65.6 Å². The zero-order chi connectivity index (χ0) is 25.4. The minimum atomic E-state index is -3.62. The number of hydrogen-bond acceptors (Lipinski definition) is 7. The lowest BCUT2D eigenvalue weighted by Gasteiger charge is -2.39. The topological polar surface area (TPSA) is 95.1 Å². The number of ether oxygens (including phenoxy) is 1. The second-order valence-corrected chi connectivity index (χ2v) is 10.9. The van der Waals surface area contributed by atoms with E-state index in [2.05, 4.69) is 5.32 Å². The van der Waals surface area contributed by atoms with Crippen LogP contribution in [0, 0.1) is 6.92 Å². The summed E-state index contributed by atoms with van der Waals surface area (Å²) in [5.41, 5.74) is 3.27. The van der Waals surface area contributed by atoms with E-state index in [1.165, 1.54) is 4.31 Å². The number of rotatable bonds is 5. The first-order valence-electron chi connectivity index (χ1n) is 11.9. The Bertz CT molecular complexity index is 1400. The van der Waals surface area contributed by atoms with Gasteiger partial charge in [-0.1, -0.05) is 18.2 Å². The van der Waals surface area contributed by atoms with E-state index in [4.69, 9.17) is 9.72 Å². The van der Waals surface area contributed by atoms with Crippen molar-refractivity contribution in [3.8, 4) is 0 Å². The number of amides is 1. The summed E-state index contributed by atoms with van der Waals surface area (Å²) in [6.45, 7) is 5.34. The molecular weight excluding hydrogens is 478 g/mol. The second kappa shape index (κ2) is 9.53. The van der Waals surface area contributed by atoms with Crippen molar-refractivity contribution in [1.29, 1.82) is 0 Å². The van der Waals surface area contributed by atoms with E-state index >= 15 is 0 Å². The van der Waals surface area contributed by atoms with Crippen LogP contribution in [0.25, 0.3) is 0 Å². The molecule has 10 heteroatoms. The number of pyridine rings is 1. The fraction of sp³-hybridized carbons (Fsp3) is 0.308. The van der Waals surface area contributed by atoms with E-state index in [0.29, 0.717) is 49.3 Å². The van der Waals surface area contributed by atoms with Gasteiger partial charge >= 0.3 is 0 Å². The fourth-order valence-electron chi connectivity index (χ4n) is 4.58. The molecule has 2 aromatic carbocycles. The number of anilines is 5. The Morgan fingerprint density at radius 1 is 1.03 bits per heavy atom. The number of hydrogen-bond donors (Lipinski definition) is 1. The highest BCUT2D eigenvalue weighted by molar-refractivity contribution is 7.89. The molecule has 0 radical (unpaired) electrons. The van der Waals surface area contributed by atoms with Crippen LogP contribution >= 0.6 is 0 Å². The summed E-state index contributed by atoms with van der Waals surface area (Å²) >= 11 is 0. The molecule has 3 heterocycles. The third-order valence-electron chi connectivity index (χ3n) is 6.51. The van der Waals surface area contributed by atoms with Crippen LogP contribution in [-0.2, 0) is 19.6 Å². The summed E-state index contributed by atoms with van der Waals surface area (Å²) in [6, 6.07) is 17.9. The van der Waals surface area contributed by atoms with Gasteiger partial charge in [0.15, 0.2) is 5.82 Å². The molecular formula is C26H29N5O4S. The van der Waals surface area contributed by atoms with Gasteiger partial charge in [-0.15, -0.1) is 0 Å². The van der Waals surface area contributed by atoms with E-state index in [-0.39, 0.29) is 10.8 Å². The first-order chi connectivity index (χ1) is 17.3. The molecule has 1 saturated heterocycles. The van der Waals surface area contributed by atoms with Crippen molar-refractivity contribution in [2.24, 2.45) is 0 Å². The number of aromatic nitrogens is 1. The maximum atomic E-state index is 13.1. The van der Waals surface area contributed by atoms with Crippen LogP contribution in [0.1, 0.15) is 12.5 Å². The van der Waals surface area contributed by atoms with Gasteiger partial charge in [0.2, 0.25) is 15.9 Å². The second-order valence-electron chi connectivity index (χ2n) is 8.99. The van der Waals surface area contributed by atoms with Crippen molar-refractivity contribution in [3.63, 3.8) is 0 Å². The number of nitrogens with zero attached hydrogens (tertiary/aromatic N) is 4. The molecule has 1 N–H and O–H groups in total. The lowest BCUT2D eigenvalue weighted by atomic mass is 10.1. The van der Waals surface area contributed by atoms with E-state index in [9.17, 15) is 13.2 Å². The lowest BCUT2D eigenvalue weighted by Crippen LogP contribution is -2.49. The zero-order valence-electron chi connectivity index (χ0n) is 20.5. The molecule has 1 atom stereocenters. The first kappa shape index (κ1) is 24.2. The lowest BCUT2D eigenvalue weighted by molar-refractivity contribution is -0.119. The molecule has 1 aromatic heterocycles. The minimum Gasteiger partial charge on any atom is -0.379 e. The molecule has 0 spiro atoms. The van der Waals surface area contributed by atoms with Gasteiger partial charge < -0.3 is 19.9 Å². The summed E-state index contributed by atoms with van der Waals surface area (Å²) < 4.78 is 32.9. The van der Waals surface area contributed by atoms with E-state index in [1.807, 2.05) is 49.1 Å². The fourth-order valence-corrected chi connectivity index (χ4v) is 6.04. The molecule has 0 bridgehead atoms. The highest BCUT2D eigenvalue weighted by Gasteiger charge is 2.36. The number of nitrogens with one attached hydrogen (secondary N) is 1. The smallest absolute Gasteiger partial charge is 0.249 e. The van der Waals surface area contributed by atoms with Crippen molar-refractivity contribution < 1.29 is 17.9 Å². The normalized spacial score (nSPS) is 18.8. The van der Waals surface area contributed by atoms with Crippen molar-refractivity contribution in [2.75, 3.05) is 48.5 Å².